The highest BCUT2D eigenvalue weighted by atomic mass is 32.1. The van der Waals surface area contributed by atoms with Gasteiger partial charge in [-0.1, -0.05) is 19.1 Å². The molecule has 0 saturated heterocycles. The van der Waals surface area contributed by atoms with Crippen LogP contribution in [0.4, 0.5) is 5.69 Å². The van der Waals surface area contributed by atoms with Crippen LogP contribution < -0.4 is 10.2 Å². The number of nitrogens with zero attached hydrogens (tertiary/aromatic N) is 1. The fourth-order valence-electron chi connectivity index (χ4n) is 2.18. The van der Waals surface area contributed by atoms with Gasteiger partial charge in [0, 0.05) is 29.0 Å². The summed E-state index contributed by atoms with van der Waals surface area (Å²) in [6.07, 6.45) is 1.19. The van der Waals surface area contributed by atoms with Crippen molar-refractivity contribution in [3.05, 3.63) is 51.7 Å². The molecular formula is C17H24N2S. The molecule has 0 unspecified atom stereocenters. The van der Waals surface area contributed by atoms with Gasteiger partial charge < -0.3 is 10.2 Å². The van der Waals surface area contributed by atoms with E-state index in [1.807, 2.05) is 11.3 Å². The van der Waals surface area contributed by atoms with Gasteiger partial charge in [0.1, 0.15) is 0 Å². The van der Waals surface area contributed by atoms with Crippen molar-refractivity contribution in [1.82, 2.24) is 5.32 Å². The minimum atomic E-state index is 0.974. The zero-order valence-electron chi connectivity index (χ0n) is 12.6. The topological polar surface area (TPSA) is 15.3 Å². The van der Waals surface area contributed by atoms with Crippen LogP contribution in [0.15, 0.2) is 36.4 Å². The number of aryl methyl sites for hydroxylation is 1. The second-order valence-corrected chi connectivity index (χ2v) is 6.49. The zero-order valence-corrected chi connectivity index (χ0v) is 13.5. The molecule has 0 bridgehead atoms. The van der Waals surface area contributed by atoms with E-state index in [9.17, 15) is 0 Å². The number of nitrogens with one attached hydrogen (secondary N) is 1. The van der Waals surface area contributed by atoms with E-state index in [1.165, 1.54) is 27.4 Å². The Morgan fingerprint density at radius 2 is 1.95 bits per heavy atom. The van der Waals surface area contributed by atoms with Gasteiger partial charge in [-0.15, -0.1) is 11.3 Å². The van der Waals surface area contributed by atoms with E-state index in [0.29, 0.717) is 0 Å². The molecule has 1 N–H and O–H groups in total. The summed E-state index contributed by atoms with van der Waals surface area (Å²) in [7, 11) is 2.16. The Hall–Kier alpha value is -1.32. The average molecular weight is 288 g/mol. The molecule has 0 spiro atoms. The summed E-state index contributed by atoms with van der Waals surface area (Å²) in [4.78, 5) is 5.15. The lowest BCUT2D eigenvalue weighted by molar-refractivity contribution is 0.681. The molecule has 0 saturated carbocycles. The second kappa shape index (κ2) is 7.46. The van der Waals surface area contributed by atoms with Crippen LogP contribution in [-0.4, -0.2) is 13.6 Å². The lowest BCUT2D eigenvalue weighted by Crippen LogP contribution is -2.15. The fourth-order valence-corrected chi connectivity index (χ4v) is 3.22. The van der Waals surface area contributed by atoms with E-state index in [2.05, 4.69) is 67.5 Å². The molecule has 0 fully saturated rings. The highest BCUT2D eigenvalue weighted by Gasteiger charge is 2.05. The van der Waals surface area contributed by atoms with Gasteiger partial charge in [0.25, 0.3) is 0 Å². The Bertz CT molecular complexity index is 533. The SMILES string of the molecule is CCCNCc1ccc(CN(C)c2cccc(C)c2)s1. The molecule has 1 aromatic carbocycles. The van der Waals surface area contributed by atoms with Crippen molar-refractivity contribution in [1.29, 1.82) is 0 Å². The van der Waals surface area contributed by atoms with E-state index in [0.717, 1.165) is 19.6 Å². The van der Waals surface area contributed by atoms with Crippen molar-refractivity contribution >= 4 is 17.0 Å². The predicted molar refractivity (Wildman–Crippen MR) is 89.6 cm³/mol. The number of hydrogen-bond donors (Lipinski definition) is 1. The monoisotopic (exact) mass is 288 g/mol. The van der Waals surface area contributed by atoms with Crippen LogP contribution in [0.3, 0.4) is 0 Å². The van der Waals surface area contributed by atoms with Gasteiger partial charge in [0.15, 0.2) is 0 Å². The normalized spacial score (nSPS) is 10.8. The summed E-state index contributed by atoms with van der Waals surface area (Å²) in [5.41, 5.74) is 2.59. The Labute approximate surface area is 126 Å². The van der Waals surface area contributed by atoms with Crippen LogP contribution in [0.25, 0.3) is 0 Å². The minimum absolute atomic E-state index is 0.974. The molecule has 0 aliphatic heterocycles. The van der Waals surface area contributed by atoms with Crippen LogP contribution in [0, 0.1) is 6.92 Å². The number of benzene rings is 1. The van der Waals surface area contributed by atoms with E-state index in [1.54, 1.807) is 0 Å². The number of hydrogen-bond acceptors (Lipinski definition) is 3. The van der Waals surface area contributed by atoms with Crippen molar-refractivity contribution < 1.29 is 0 Å². The molecule has 0 amide bonds. The summed E-state index contributed by atoms with van der Waals surface area (Å²) >= 11 is 1.91. The van der Waals surface area contributed by atoms with Crippen LogP contribution in [0.5, 0.6) is 0 Å². The van der Waals surface area contributed by atoms with Gasteiger partial charge in [0.05, 0.1) is 6.54 Å². The van der Waals surface area contributed by atoms with Crippen molar-refractivity contribution in [2.24, 2.45) is 0 Å². The van der Waals surface area contributed by atoms with Crippen molar-refractivity contribution in [2.45, 2.75) is 33.4 Å². The predicted octanol–water partition coefficient (Wildman–Crippen LogP) is 4.19. The van der Waals surface area contributed by atoms with Gasteiger partial charge in [-0.3, -0.25) is 0 Å². The molecule has 108 valence electrons. The van der Waals surface area contributed by atoms with E-state index in [4.69, 9.17) is 0 Å². The maximum Gasteiger partial charge on any atom is 0.0519 e. The van der Waals surface area contributed by atoms with Crippen LogP contribution >= 0.6 is 11.3 Å². The highest BCUT2D eigenvalue weighted by molar-refractivity contribution is 7.12. The van der Waals surface area contributed by atoms with Crippen molar-refractivity contribution in [3.8, 4) is 0 Å². The summed E-state index contributed by atoms with van der Waals surface area (Å²) in [6.45, 7) is 7.40. The quantitative estimate of drug-likeness (QED) is 0.768. The largest absolute Gasteiger partial charge is 0.369 e. The third kappa shape index (κ3) is 4.36. The molecule has 2 nitrogen and oxygen atoms in total. The van der Waals surface area contributed by atoms with Gasteiger partial charge in [-0.05, 0) is 49.7 Å². The zero-order chi connectivity index (χ0) is 14.4. The summed E-state index contributed by atoms with van der Waals surface area (Å²) in [6, 6.07) is 13.2. The summed E-state index contributed by atoms with van der Waals surface area (Å²) in [5, 5.41) is 3.45. The summed E-state index contributed by atoms with van der Waals surface area (Å²) < 4.78 is 0. The van der Waals surface area contributed by atoms with Crippen LogP contribution in [0.1, 0.15) is 28.7 Å². The number of anilines is 1. The first kappa shape index (κ1) is 15.1. The van der Waals surface area contributed by atoms with E-state index >= 15 is 0 Å². The van der Waals surface area contributed by atoms with Crippen LogP contribution in [-0.2, 0) is 13.1 Å². The molecule has 1 heterocycles. The van der Waals surface area contributed by atoms with Gasteiger partial charge in [-0.2, -0.15) is 0 Å². The first-order valence-electron chi connectivity index (χ1n) is 7.25. The molecule has 0 atom stereocenters. The lowest BCUT2D eigenvalue weighted by atomic mass is 10.2. The van der Waals surface area contributed by atoms with E-state index in [-0.39, 0.29) is 0 Å². The molecule has 2 rings (SSSR count). The maximum absolute atomic E-state index is 3.45. The summed E-state index contributed by atoms with van der Waals surface area (Å²) in [5.74, 6) is 0. The van der Waals surface area contributed by atoms with E-state index < -0.39 is 0 Å². The molecule has 0 aliphatic rings. The molecule has 0 aliphatic carbocycles. The van der Waals surface area contributed by atoms with Gasteiger partial charge in [-0.25, -0.2) is 0 Å². The van der Waals surface area contributed by atoms with Gasteiger partial charge >= 0.3 is 0 Å². The first-order chi connectivity index (χ1) is 9.69. The minimum Gasteiger partial charge on any atom is -0.369 e. The Balaban J connectivity index is 1.92. The molecule has 3 heteroatoms. The highest BCUT2D eigenvalue weighted by Crippen LogP contribution is 2.21. The average Bonchev–Trinajstić information content (AvgIpc) is 2.86. The van der Waals surface area contributed by atoms with Crippen molar-refractivity contribution in [2.75, 3.05) is 18.5 Å². The first-order valence-corrected chi connectivity index (χ1v) is 8.07. The molecule has 0 radical (unpaired) electrons. The lowest BCUT2D eigenvalue weighted by Gasteiger charge is -2.18. The molecule has 20 heavy (non-hydrogen) atoms. The maximum atomic E-state index is 3.45. The molecule has 2 aromatic rings. The standard InChI is InChI=1S/C17H24N2S/c1-4-10-18-12-16-8-9-17(20-16)13-19(3)15-7-5-6-14(2)11-15/h5-9,11,18H,4,10,12-13H2,1-3H3. The fraction of sp³-hybridized carbons (Fsp3) is 0.412. The molecule has 1 aromatic heterocycles. The number of rotatable bonds is 7. The Morgan fingerprint density at radius 3 is 2.70 bits per heavy atom. The number of thiophene rings is 1. The second-order valence-electron chi connectivity index (χ2n) is 5.24. The third-order valence-corrected chi connectivity index (χ3v) is 4.35. The molecular weight excluding hydrogens is 264 g/mol. The Morgan fingerprint density at radius 1 is 1.15 bits per heavy atom. The van der Waals surface area contributed by atoms with Crippen LogP contribution in [0.2, 0.25) is 0 Å². The van der Waals surface area contributed by atoms with Crippen molar-refractivity contribution in [3.63, 3.8) is 0 Å². The van der Waals surface area contributed by atoms with Gasteiger partial charge in [0.2, 0.25) is 0 Å². The Kier molecular flexibility index (Phi) is 5.62. The third-order valence-electron chi connectivity index (χ3n) is 3.28. The smallest absolute Gasteiger partial charge is 0.0519 e.